The van der Waals surface area contributed by atoms with E-state index < -0.39 is 13.9 Å². The average molecular weight is 351 g/mol. The Kier molecular flexibility index (Phi) is 3.72. The molecule has 8 heteroatoms. The van der Waals surface area contributed by atoms with Crippen molar-refractivity contribution in [3.63, 3.8) is 0 Å². The Morgan fingerprint density at radius 2 is 1.59 bits per heavy atom. The Morgan fingerprint density at radius 3 is 2.00 bits per heavy atom. The number of carbonyl (C=O) groups is 1. The van der Waals surface area contributed by atoms with E-state index in [1.807, 2.05) is 0 Å². The van der Waals surface area contributed by atoms with Crippen molar-refractivity contribution >= 4 is 81.5 Å². The van der Waals surface area contributed by atoms with Crippen LogP contribution in [0.2, 0.25) is 5.02 Å². The van der Waals surface area contributed by atoms with Gasteiger partial charge in [-0.2, -0.15) is 0 Å². The molecule has 1 aliphatic rings. The Labute approximate surface area is 127 Å². The van der Waals surface area contributed by atoms with Crippen LogP contribution < -0.4 is 4.31 Å². The molecule has 0 aliphatic carbocycles. The van der Waals surface area contributed by atoms with Gasteiger partial charge in [0.25, 0.3) is 5.91 Å². The lowest BCUT2D eigenvalue weighted by Gasteiger charge is -2.18. The van der Waals surface area contributed by atoms with Gasteiger partial charge in [-0.1, -0.05) is 58.0 Å². The Bertz CT molecular complexity index is 461. The highest BCUT2D eigenvalue weighted by Crippen LogP contribution is 2.59. The maximum absolute atomic E-state index is 12.0. The molecule has 1 aliphatic heterocycles. The number of anilines is 1. The highest BCUT2D eigenvalue weighted by Gasteiger charge is 2.63. The monoisotopic (exact) mass is 349 g/mol. The molecule has 1 amide bonds. The third-order valence-electron chi connectivity index (χ3n) is 2.09. The first-order valence-corrected chi connectivity index (χ1v) is 6.97. The fraction of sp³-hybridized carbons (Fsp3) is 0.222. The molecular formula is C9H4Cl5NOS. The molecule has 1 aromatic carbocycles. The summed E-state index contributed by atoms with van der Waals surface area (Å²) in [6.45, 7) is 0. The molecule has 92 valence electrons. The summed E-state index contributed by atoms with van der Waals surface area (Å²) in [4.78, 5) is 12.0. The summed E-state index contributed by atoms with van der Waals surface area (Å²) in [5.41, 5.74) is 0.554. The zero-order valence-corrected chi connectivity index (χ0v) is 12.6. The Hall–Kier alpha value is 0.490. The maximum atomic E-state index is 12.0. The summed E-state index contributed by atoms with van der Waals surface area (Å²) < 4.78 is -2.27. The second-order valence-electron chi connectivity index (χ2n) is 3.26. The van der Waals surface area contributed by atoms with Gasteiger partial charge in [-0.05, 0) is 24.3 Å². The van der Waals surface area contributed by atoms with Gasteiger partial charge in [-0.25, -0.2) is 4.31 Å². The molecule has 0 unspecified atom stereocenters. The topological polar surface area (TPSA) is 20.3 Å². The van der Waals surface area contributed by atoms with E-state index in [2.05, 4.69) is 0 Å². The number of rotatable bonds is 1. The van der Waals surface area contributed by atoms with E-state index in [-0.39, 0.29) is 0 Å². The van der Waals surface area contributed by atoms with Crippen molar-refractivity contribution in [3.8, 4) is 0 Å². The van der Waals surface area contributed by atoms with Gasteiger partial charge >= 0.3 is 0 Å². The maximum Gasteiger partial charge on any atom is 0.277 e. The van der Waals surface area contributed by atoms with Crippen LogP contribution in [0.15, 0.2) is 24.3 Å². The van der Waals surface area contributed by atoms with Gasteiger partial charge < -0.3 is 0 Å². The van der Waals surface area contributed by atoms with Crippen LogP contribution in [0.1, 0.15) is 0 Å². The van der Waals surface area contributed by atoms with E-state index in [0.717, 1.165) is 11.9 Å². The first-order valence-electron chi connectivity index (χ1n) is 4.30. The van der Waals surface area contributed by atoms with Crippen LogP contribution in [0.5, 0.6) is 0 Å². The third-order valence-corrected chi connectivity index (χ3v) is 5.91. The molecule has 0 saturated carbocycles. The second kappa shape index (κ2) is 4.55. The van der Waals surface area contributed by atoms with E-state index in [1.54, 1.807) is 24.3 Å². The van der Waals surface area contributed by atoms with E-state index in [4.69, 9.17) is 58.0 Å². The summed E-state index contributed by atoms with van der Waals surface area (Å²) >= 11 is 30.1. The van der Waals surface area contributed by atoms with Crippen LogP contribution in [0.3, 0.4) is 0 Å². The molecule has 0 N–H and O–H groups in total. The largest absolute Gasteiger partial charge is 0.277 e. The van der Waals surface area contributed by atoms with Crippen molar-refractivity contribution < 1.29 is 4.79 Å². The predicted molar refractivity (Wildman–Crippen MR) is 75.4 cm³/mol. The average Bonchev–Trinajstić information content (AvgIpc) is 2.40. The van der Waals surface area contributed by atoms with Crippen molar-refractivity contribution in [2.24, 2.45) is 0 Å². The highest BCUT2D eigenvalue weighted by atomic mass is 35.5. The van der Waals surface area contributed by atoms with Crippen molar-refractivity contribution in [2.75, 3.05) is 4.31 Å². The molecule has 0 aromatic heterocycles. The summed E-state index contributed by atoms with van der Waals surface area (Å²) in [7, 11) is 0. The highest BCUT2D eigenvalue weighted by molar-refractivity contribution is 8.06. The fourth-order valence-corrected chi connectivity index (χ4v) is 3.27. The molecule has 0 atom stereocenters. The zero-order chi connectivity index (χ0) is 12.8. The Morgan fingerprint density at radius 1 is 1.06 bits per heavy atom. The summed E-state index contributed by atoms with van der Waals surface area (Å²) in [5.74, 6) is -0.585. The van der Waals surface area contributed by atoms with Crippen LogP contribution in [-0.4, -0.2) is 13.9 Å². The standard InChI is InChI=1S/C9H4Cl5NOS/c10-5-1-3-6(4-2-5)15-7(16)8(11,12)9(13,14)17-15/h1-4H. The van der Waals surface area contributed by atoms with Gasteiger partial charge in [-0.15, -0.1) is 0 Å². The van der Waals surface area contributed by atoms with Crippen LogP contribution in [0.4, 0.5) is 5.69 Å². The van der Waals surface area contributed by atoms with Crippen LogP contribution >= 0.6 is 70.0 Å². The molecule has 0 bridgehead atoms. The van der Waals surface area contributed by atoms with Crippen LogP contribution in [0.25, 0.3) is 0 Å². The number of halogens is 5. The van der Waals surface area contributed by atoms with Gasteiger partial charge in [0.05, 0.1) is 5.69 Å². The molecule has 1 heterocycles. The summed E-state index contributed by atoms with van der Waals surface area (Å²) in [6, 6.07) is 6.56. The predicted octanol–water partition coefficient (Wildman–Crippen LogP) is 4.64. The number of benzene rings is 1. The van der Waals surface area contributed by atoms with Gasteiger partial charge in [0, 0.05) is 17.0 Å². The first kappa shape index (κ1) is 13.9. The van der Waals surface area contributed by atoms with Crippen LogP contribution in [0, 0.1) is 0 Å². The second-order valence-corrected chi connectivity index (χ2v) is 7.96. The summed E-state index contributed by atoms with van der Waals surface area (Å²) in [5, 5.41) is 0.552. The van der Waals surface area contributed by atoms with Crippen molar-refractivity contribution in [1.82, 2.24) is 0 Å². The molecule has 1 saturated heterocycles. The molecule has 1 fully saturated rings. The number of hydrogen-bond acceptors (Lipinski definition) is 2. The third kappa shape index (κ3) is 2.34. The molecule has 0 spiro atoms. The molecule has 2 nitrogen and oxygen atoms in total. The van der Waals surface area contributed by atoms with Gasteiger partial charge in [-0.3, -0.25) is 4.79 Å². The molecule has 17 heavy (non-hydrogen) atoms. The number of alkyl halides is 4. The smallest absolute Gasteiger partial charge is 0.270 e. The Balaban J connectivity index is 2.37. The van der Waals surface area contributed by atoms with Crippen LogP contribution in [-0.2, 0) is 4.79 Å². The molecule has 0 radical (unpaired) electrons. The van der Waals surface area contributed by atoms with E-state index in [9.17, 15) is 4.79 Å². The molecular weight excluding hydrogens is 347 g/mol. The number of carbonyl (C=O) groups excluding carboxylic acids is 1. The lowest BCUT2D eigenvalue weighted by molar-refractivity contribution is -0.117. The fourth-order valence-electron chi connectivity index (χ4n) is 1.21. The number of nitrogens with zero attached hydrogens (tertiary/aromatic N) is 1. The van der Waals surface area contributed by atoms with Gasteiger partial charge in [0.1, 0.15) is 0 Å². The first-order chi connectivity index (χ1) is 7.75. The normalized spacial score (nSPS) is 21.9. The minimum atomic E-state index is -1.89. The van der Waals surface area contributed by atoms with Gasteiger partial charge in [0.15, 0.2) is 0 Å². The van der Waals surface area contributed by atoms with Crippen molar-refractivity contribution in [1.29, 1.82) is 0 Å². The van der Waals surface area contributed by atoms with Crippen molar-refractivity contribution in [2.45, 2.75) is 8.00 Å². The van der Waals surface area contributed by atoms with E-state index in [1.165, 1.54) is 4.31 Å². The van der Waals surface area contributed by atoms with E-state index in [0.29, 0.717) is 10.7 Å². The number of amides is 1. The van der Waals surface area contributed by atoms with Gasteiger partial charge in [0.2, 0.25) is 8.00 Å². The minimum absolute atomic E-state index is 0.552. The minimum Gasteiger partial charge on any atom is -0.270 e. The van der Waals surface area contributed by atoms with Crippen molar-refractivity contribution in [3.05, 3.63) is 29.3 Å². The number of hydrogen-bond donors (Lipinski definition) is 0. The lowest BCUT2D eigenvalue weighted by atomic mass is 10.3. The quantitative estimate of drug-likeness (QED) is 0.543. The summed E-state index contributed by atoms with van der Waals surface area (Å²) in [6.07, 6.45) is 0. The van der Waals surface area contributed by atoms with E-state index >= 15 is 0 Å². The SMILES string of the molecule is O=C1N(c2ccc(Cl)cc2)SC(Cl)(Cl)C1(Cl)Cl. The zero-order valence-electron chi connectivity index (χ0n) is 7.96. The molecule has 2 rings (SSSR count). The lowest BCUT2D eigenvalue weighted by Crippen LogP contribution is -2.37. The molecule has 1 aromatic rings.